The lowest BCUT2D eigenvalue weighted by Crippen LogP contribution is -2.31. The Morgan fingerprint density at radius 2 is 1.78 bits per heavy atom. The van der Waals surface area contributed by atoms with Gasteiger partial charge in [-0.3, -0.25) is 10.2 Å². The molecule has 1 aromatic heterocycles. The predicted octanol–water partition coefficient (Wildman–Crippen LogP) is 4.11. The van der Waals surface area contributed by atoms with Crippen molar-refractivity contribution in [3.05, 3.63) is 114 Å². The van der Waals surface area contributed by atoms with E-state index in [9.17, 15) is 10.1 Å². The number of anilines is 1. The number of nitrogens with one attached hydrogen (secondary N) is 3. The molecule has 0 aliphatic carbocycles. The van der Waals surface area contributed by atoms with Crippen molar-refractivity contribution >= 4 is 23.3 Å². The van der Waals surface area contributed by atoms with Crippen LogP contribution in [0.5, 0.6) is 0 Å². The summed E-state index contributed by atoms with van der Waals surface area (Å²) in [6.45, 7) is 0. The number of hydrogen-bond acceptors (Lipinski definition) is 7. The van der Waals surface area contributed by atoms with Crippen molar-refractivity contribution in [3.8, 4) is 17.2 Å². The van der Waals surface area contributed by atoms with E-state index in [-0.39, 0.29) is 11.9 Å². The topological polar surface area (TPSA) is 124 Å². The van der Waals surface area contributed by atoms with Crippen LogP contribution in [0, 0.1) is 11.3 Å². The molecule has 1 unspecified atom stereocenters. The van der Waals surface area contributed by atoms with E-state index in [0.717, 1.165) is 27.8 Å². The van der Waals surface area contributed by atoms with E-state index in [1.807, 2.05) is 66.7 Å². The van der Waals surface area contributed by atoms with Crippen molar-refractivity contribution in [2.24, 2.45) is 9.98 Å². The lowest BCUT2D eigenvalue weighted by atomic mass is 9.98. The molecule has 37 heavy (non-hydrogen) atoms. The number of rotatable bonds is 4. The van der Waals surface area contributed by atoms with Gasteiger partial charge < -0.3 is 14.5 Å². The quantitative estimate of drug-likeness (QED) is 0.397. The van der Waals surface area contributed by atoms with Crippen LogP contribution in [0.15, 0.2) is 106 Å². The standard InChI is InChI=1S/C28H20N6O3/c29-15-17-10-11-20(22(14-17)19-12-13-36-16-19)27-33-34-28(37-27)32-25-26(35)30-23-9-5-4-8-21(23)24(31-25)18-6-2-1-3-7-18/h1-14,16,25,27,33H,(H,30,35)(H,32,34)/t25-,27?/m1/s1. The molecule has 2 aliphatic heterocycles. The average molecular weight is 489 g/mol. The van der Waals surface area contributed by atoms with Gasteiger partial charge in [-0.05, 0) is 29.8 Å². The second-order valence-electron chi connectivity index (χ2n) is 8.38. The third-order valence-electron chi connectivity index (χ3n) is 6.05. The number of aliphatic imine (C=N–C) groups is 2. The molecule has 1 amide bonds. The minimum atomic E-state index is -1.08. The minimum Gasteiger partial charge on any atom is -0.472 e. The van der Waals surface area contributed by atoms with Gasteiger partial charge in [0.2, 0.25) is 6.17 Å². The Kier molecular flexibility index (Phi) is 5.69. The second-order valence-corrected chi connectivity index (χ2v) is 8.38. The summed E-state index contributed by atoms with van der Waals surface area (Å²) in [4.78, 5) is 22.3. The third kappa shape index (κ3) is 4.33. The van der Waals surface area contributed by atoms with Gasteiger partial charge in [0, 0.05) is 22.3 Å². The van der Waals surface area contributed by atoms with Crippen molar-refractivity contribution in [1.82, 2.24) is 10.9 Å². The van der Waals surface area contributed by atoms with Gasteiger partial charge in [0.15, 0.2) is 6.23 Å². The highest BCUT2D eigenvalue weighted by Crippen LogP contribution is 2.32. The highest BCUT2D eigenvalue weighted by Gasteiger charge is 2.30. The summed E-state index contributed by atoms with van der Waals surface area (Å²) >= 11 is 0. The van der Waals surface area contributed by atoms with Crippen molar-refractivity contribution < 1.29 is 13.9 Å². The van der Waals surface area contributed by atoms with E-state index < -0.39 is 12.4 Å². The maximum absolute atomic E-state index is 13.1. The van der Waals surface area contributed by atoms with Crippen LogP contribution in [0.1, 0.15) is 28.5 Å². The van der Waals surface area contributed by atoms with Crippen LogP contribution < -0.4 is 16.2 Å². The molecule has 2 aliphatic rings. The number of amidine groups is 1. The second kappa shape index (κ2) is 9.45. The minimum absolute atomic E-state index is 0.120. The van der Waals surface area contributed by atoms with Gasteiger partial charge in [-0.25, -0.2) is 4.99 Å². The molecule has 0 bridgehead atoms. The van der Waals surface area contributed by atoms with Crippen LogP contribution in [-0.2, 0) is 9.53 Å². The molecule has 9 heteroatoms. The van der Waals surface area contributed by atoms with Gasteiger partial charge in [-0.2, -0.15) is 15.7 Å². The zero-order chi connectivity index (χ0) is 25.2. The normalized spacial score (nSPS) is 19.6. The van der Waals surface area contributed by atoms with Gasteiger partial charge in [0.25, 0.3) is 5.91 Å². The highest BCUT2D eigenvalue weighted by molar-refractivity contribution is 6.19. The molecular weight excluding hydrogens is 468 g/mol. The number of para-hydroxylation sites is 1. The predicted molar refractivity (Wildman–Crippen MR) is 137 cm³/mol. The van der Waals surface area contributed by atoms with Crippen LogP contribution in [0.25, 0.3) is 11.1 Å². The Hall–Kier alpha value is -5.20. The largest absolute Gasteiger partial charge is 0.472 e. The van der Waals surface area contributed by atoms with Crippen LogP contribution in [0.3, 0.4) is 0 Å². The number of benzene rings is 3. The summed E-state index contributed by atoms with van der Waals surface area (Å²) in [6.07, 6.45) is 1.46. The van der Waals surface area contributed by atoms with Crippen molar-refractivity contribution in [1.29, 1.82) is 5.26 Å². The summed E-state index contributed by atoms with van der Waals surface area (Å²) in [6, 6.07) is 26.6. The third-order valence-corrected chi connectivity index (χ3v) is 6.05. The number of benzodiazepines with no additional fused rings is 1. The molecular formula is C28H20N6O3. The van der Waals surface area contributed by atoms with E-state index in [2.05, 4.69) is 27.2 Å². The SMILES string of the molecule is N#Cc1ccc(C2NN/C(=N\[C@H]3N=C(c4ccccc4)c4ccccc4NC3=O)O2)c(-c2ccoc2)c1. The van der Waals surface area contributed by atoms with E-state index >= 15 is 0 Å². The lowest BCUT2D eigenvalue weighted by molar-refractivity contribution is -0.117. The molecule has 2 atom stereocenters. The molecule has 1 fully saturated rings. The van der Waals surface area contributed by atoms with E-state index in [0.29, 0.717) is 17.0 Å². The summed E-state index contributed by atoms with van der Waals surface area (Å²) < 4.78 is 11.3. The zero-order valence-corrected chi connectivity index (χ0v) is 19.4. The number of carbonyl (C=O) groups excluding carboxylic acids is 1. The molecule has 6 rings (SSSR count). The monoisotopic (exact) mass is 488 g/mol. The fourth-order valence-electron chi connectivity index (χ4n) is 4.29. The number of nitrogens with zero attached hydrogens (tertiary/aromatic N) is 3. The van der Waals surface area contributed by atoms with Crippen molar-refractivity contribution in [2.75, 3.05) is 5.32 Å². The fraction of sp³-hybridized carbons (Fsp3) is 0.0714. The summed E-state index contributed by atoms with van der Waals surface area (Å²) in [7, 11) is 0. The number of fused-ring (bicyclic) bond motifs is 1. The van der Waals surface area contributed by atoms with E-state index in [1.165, 1.54) is 0 Å². The molecule has 3 heterocycles. The van der Waals surface area contributed by atoms with Crippen LogP contribution >= 0.6 is 0 Å². The maximum Gasteiger partial charge on any atom is 0.304 e. The first-order valence-corrected chi connectivity index (χ1v) is 11.6. The van der Waals surface area contributed by atoms with Crippen molar-refractivity contribution in [2.45, 2.75) is 12.4 Å². The number of hydrazine groups is 1. The van der Waals surface area contributed by atoms with Gasteiger partial charge in [0.1, 0.15) is 0 Å². The molecule has 9 nitrogen and oxygen atoms in total. The Morgan fingerprint density at radius 3 is 2.59 bits per heavy atom. The molecule has 0 radical (unpaired) electrons. The first-order valence-electron chi connectivity index (χ1n) is 11.6. The molecule has 4 aromatic rings. The van der Waals surface area contributed by atoms with Gasteiger partial charge in [-0.15, -0.1) is 0 Å². The van der Waals surface area contributed by atoms with Crippen LogP contribution in [0.2, 0.25) is 0 Å². The number of amides is 1. The molecule has 3 N–H and O–H groups in total. The fourth-order valence-corrected chi connectivity index (χ4v) is 4.29. The first-order chi connectivity index (χ1) is 18.2. The Balaban J connectivity index is 1.33. The summed E-state index contributed by atoms with van der Waals surface area (Å²) in [5, 5.41) is 12.3. The van der Waals surface area contributed by atoms with E-state index in [1.54, 1.807) is 24.7 Å². The Bertz CT molecular complexity index is 1570. The van der Waals surface area contributed by atoms with Crippen LogP contribution in [0.4, 0.5) is 5.69 Å². The molecule has 0 saturated carbocycles. The average Bonchev–Trinajstić information content (AvgIpc) is 3.62. The van der Waals surface area contributed by atoms with Gasteiger partial charge in [-0.1, -0.05) is 54.6 Å². The Morgan fingerprint density at radius 1 is 0.946 bits per heavy atom. The zero-order valence-electron chi connectivity index (χ0n) is 19.4. The van der Waals surface area contributed by atoms with Crippen molar-refractivity contribution in [3.63, 3.8) is 0 Å². The molecule has 180 valence electrons. The molecule has 0 spiro atoms. The smallest absolute Gasteiger partial charge is 0.304 e. The summed E-state index contributed by atoms with van der Waals surface area (Å²) in [5.74, 6) is -0.378. The number of carbonyl (C=O) groups is 1. The molecule has 1 saturated heterocycles. The highest BCUT2D eigenvalue weighted by atomic mass is 16.5. The number of furan rings is 1. The van der Waals surface area contributed by atoms with Crippen LogP contribution in [-0.4, -0.2) is 23.8 Å². The van der Waals surface area contributed by atoms with Gasteiger partial charge >= 0.3 is 6.02 Å². The number of hydrogen-bond donors (Lipinski definition) is 3. The molecule has 3 aromatic carbocycles. The summed E-state index contributed by atoms with van der Waals surface area (Å²) in [5.41, 5.74) is 11.8. The first kappa shape index (κ1) is 22.3. The Labute approximate surface area is 212 Å². The maximum atomic E-state index is 13.1. The number of nitriles is 1. The van der Waals surface area contributed by atoms with Gasteiger partial charge in [0.05, 0.1) is 35.6 Å². The lowest BCUT2D eigenvalue weighted by Gasteiger charge is -2.14. The van der Waals surface area contributed by atoms with E-state index in [4.69, 9.17) is 14.1 Å². The number of ether oxygens (including phenoxy) is 1.